The summed E-state index contributed by atoms with van der Waals surface area (Å²) >= 11 is 0. The van der Waals surface area contributed by atoms with Gasteiger partial charge in [0, 0.05) is 12.1 Å². The van der Waals surface area contributed by atoms with Gasteiger partial charge in [-0.25, -0.2) is 0 Å². The first-order valence-corrected chi connectivity index (χ1v) is 8.52. The van der Waals surface area contributed by atoms with Gasteiger partial charge >= 0.3 is 0 Å². The number of amides is 2. The average Bonchev–Trinajstić information content (AvgIpc) is 2.64. The Hall–Kier alpha value is -2.67. The maximum atomic E-state index is 12.0. The SMILES string of the molecule is C=C(NCC(C)=O)C(COCc1ccccc1)NC(=O)CNC(=O)CC. The smallest absolute Gasteiger partial charge is 0.240 e. The summed E-state index contributed by atoms with van der Waals surface area (Å²) in [6.45, 7) is 7.61. The Kier molecular flexibility index (Phi) is 9.71. The molecule has 0 fully saturated rings. The molecule has 2 amide bonds. The number of hydrogen-bond donors (Lipinski definition) is 3. The van der Waals surface area contributed by atoms with Crippen molar-refractivity contribution >= 4 is 17.6 Å². The Morgan fingerprint density at radius 2 is 1.77 bits per heavy atom. The molecule has 1 aromatic rings. The van der Waals surface area contributed by atoms with Gasteiger partial charge in [-0.15, -0.1) is 0 Å². The molecule has 0 saturated heterocycles. The van der Waals surface area contributed by atoms with Gasteiger partial charge in [0.15, 0.2) is 0 Å². The van der Waals surface area contributed by atoms with E-state index in [0.29, 0.717) is 18.7 Å². The van der Waals surface area contributed by atoms with Gasteiger partial charge in [-0.3, -0.25) is 14.4 Å². The third-order valence-electron chi connectivity index (χ3n) is 3.48. The first-order valence-electron chi connectivity index (χ1n) is 8.52. The third kappa shape index (κ3) is 8.98. The van der Waals surface area contributed by atoms with E-state index in [0.717, 1.165) is 5.56 Å². The monoisotopic (exact) mass is 361 g/mol. The topological polar surface area (TPSA) is 96.5 Å². The van der Waals surface area contributed by atoms with Gasteiger partial charge < -0.3 is 20.7 Å². The molecular formula is C19H27N3O4. The number of Topliss-reactive ketones (excluding diaryl/α,β-unsaturated/α-hetero) is 1. The van der Waals surface area contributed by atoms with E-state index >= 15 is 0 Å². The van der Waals surface area contributed by atoms with Crippen LogP contribution in [0.4, 0.5) is 0 Å². The molecule has 0 saturated carbocycles. The molecule has 142 valence electrons. The van der Waals surface area contributed by atoms with E-state index in [1.54, 1.807) is 6.92 Å². The van der Waals surface area contributed by atoms with Crippen molar-refractivity contribution in [2.45, 2.75) is 32.9 Å². The van der Waals surface area contributed by atoms with Crippen molar-refractivity contribution in [2.24, 2.45) is 0 Å². The van der Waals surface area contributed by atoms with E-state index in [-0.39, 0.29) is 37.3 Å². The normalized spacial score (nSPS) is 11.3. The standard InChI is InChI=1S/C19H27N3O4/c1-4-18(24)21-11-19(25)22-17(15(3)20-10-14(2)23)13-26-12-16-8-6-5-7-9-16/h5-9,17,20H,3-4,10-13H2,1-2H3,(H,21,24)(H,22,25). The molecule has 0 aromatic heterocycles. The van der Waals surface area contributed by atoms with Gasteiger partial charge in [-0.1, -0.05) is 43.8 Å². The van der Waals surface area contributed by atoms with Crippen LogP contribution in [-0.2, 0) is 25.7 Å². The van der Waals surface area contributed by atoms with Gasteiger partial charge in [0.2, 0.25) is 11.8 Å². The van der Waals surface area contributed by atoms with Crippen LogP contribution in [0, 0.1) is 0 Å². The summed E-state index contributed by atoms with van der Waals surface area (Å²) in [6.07, 6.45) is 0.309. The maximum Gasteiger partial charge on any atom is 0.240 e. The molecule has 0 spiro atoms. The molecule has 0 heterocycles. The van der Waals surface area contributed by atoms with Crippen LogP contribution in [0.1, 0.15) is 25.8 Å². The summed E-state index contributed by atoms with van der Waals surface area (Å²) in [5, 5.41) is 8.15. The fourth-order valence-electron chi connectivity index (χ4n) is 2.01. The van der Waals surface area contributed by atoms with Crippen LogP contribution in [0.2, 0.25) is 0 Å². The molecule has 1 unspecified atom stereocenters. The molecule has 0 radical (unpaired) electrons. The summed E-state index contributed by atoms with van der Waals surface area (Å²) in [6, 6.07) is 9.12. The van der Waals surface area contributed by atoms with E-state index in [1.165, 1.54) is 6.92 Å². The molecule has 0 aliphatic heterocycles. The highest BCUT2D eigenvalue weighted by Gasteiger charge is 2.17. The van der Waals surface area contributed by atoms with Crippen LogP contribution in [0.5, 0.6) is 0 Å². The van der Waals surface area contributed by atoms with Crippen molar-refractivity contribution < 1.29 is 19.1 Å². The predicted octanol–water partition coefficient (Wildman–Crippen LogP) is 0.906. The van der Waals surface area contributed by atoms with Crippen molar-refractivity contribution in [3.05, 3.63) is 48.2 Å². The molecular weight excluding hydrogens is 334 g/mol. The zero-order chi connectivity index (χ0) is 19.4. The van der Waals surface area contributed by atoms with E-state index in [2.05, 4.69) is 22.5 Å². The van der Waals surface area contributed by atoms with Crippen molar-refractivity contribution in [2.75, 3.05) is 19.7 Å². The number of nitrogens with one attached hydrogen (secondary N) is 3. The molecule has 7 heteroatoms. The summed E-state index contributed by atoms with van der Waals surface area (Å²) in [7, 11) is 0. The van der Waals surface area contributed by atoms with Gasteiger partial charge in [0.25, 0.3) is 0 Å². The Labute approximate surface area is 154 Å². The number of carbonyl (C=O) groups is 3. The average molecular weight is 361 g/mol. The highest BCUT2D eigenvalue weighted by Crippen LogP contribution is 2.03. The van der Waals surface area contributed by atoms with Gasteiger partial charge in [-0.2, -0.15) is 0 Å². The van der Waals surface area contributed by atoms with Crippen LogP contribution >= 0.6 is 0 Å². The molecule has 0 aliphatic rings. The predicted molar refractivity (Wildman–Crippen MR) is 99.2 cm³/mol. The van der Waals surface area contributed by atoms with Gasteiger partial charge in [-0.05, 0) is 12.5 Å². The lowest BCUT2D eigenvalue weighted by Crippen LogP contribution is -2.47. The van der Waals surface area contributed by atoms with Crippen LogP contribution < -0.4 is 16.0 Å². The van der Waals surface area contributed by atoms with E-state index in [9.17, 15) is 14.4 Å². The first kappa shape index (κ1) is 21.4. The number of hydrogen-bond acceptors (Lipinski definition) is 5. The van der Waals surface area contributed by atoms with Gasteiger partial charge in [0.05, 0.1) is 32.3 Å². The van der Waals surface area contributed by atoms with Crippen molar-refractivity contribution in [3.63, 3.8) is 0 Å². The quantitative estimate of drug-likeness (QED) is 0.514. The molecule has 26 heavy (non-hydrogen) atoms. The van der Waals surface area contributed by atoms with Crippen LogP contribution in [0.25, 0.3) is 0 Å². The maximum absolute atomic E-state index is 12.0. The number of ketones is 1. The highest BCUT2D eigenvalue weighted by molar-refractivity contribution is 5.84. The molecule has 1 rings (SSSR count). The molecule has 1 aromatic carbocycles. The van der Waals surface area contributed by atoms with E-state index < -0.39 is 6.04 Å². The van der Waals surface area contributed by atoms with Crippen LogP contribution in [0.3, 0.4) is 0 Å². The second-order valence-electron chi connectivity index (χ2n) is 5.83. The lowest BCUT2D eigenvalue weighted by molar-refractivity contribution is -0.126. The van der Waals surface area contributed by atoms with Gasteiger partial charge in [0.1, 0.15) is 5.78 Å². The zero-order valence-corrected chi connectivity index (χ0v) is 15.3. The Morgan fingerprint density at radius 1 is 1.08 bits per heavy atom. The lowest BCUT2D eigenvalue weighted by Gasteiger charge is -2.22. The Balaban J connectivity index is 2.56. The fourth-order valence-corrected chi connectivity index (χ4v) is 2.01. The summed E-state index contributed by atoms with van der Waals surface area (Å²) < 4.78 is 5.67. The summed E-state index contributed by atoms with van der Waals surface area (Å²) in [4.78, 5) is 34.4. The molecule has 0 aliphatic carbocycles. The van der Waals surface area contributed by atoms with Crippen molar-refractivity contribution in [3.8, 4) is 0 Å². The molecule has 1 atom stereocenters. The number of benzene rings is 1. The second kappa shape index (κ2) is 11.8. The molecule has 0 bridgehead atoms. The largest absolute Gasteiger partial charge is 0.380 e. The lowest BCUT2D eigenvalue weighted by atomic mass is 10.2. The number of ether oxygens (including phenoxy) is 1. The summed E-state index contributed by atoms with van der Waals surface area (Å²) in [5.74, 6) is -0.604. The Morgan fingerprint density at radius 3 is 2.38 bits per heavy atom. The third-order valence-corrected chi connectivity index (χ3v) is 3.48. The minimum absolute atomic E-state index is 0.0448. The Bertz CT molecular complexity index is 616. The fraction of sp³-hybridized carbons (Fsp3) is 0.421. The highest BCUT2D eigenvalue weighted by atomic mass is 16.5. The minimum atomic E-state index is -0.524. The first-order chi connectivity index (χ1) is 12.4. The minimum Gasteiger partial charge on any atom is -0.380 e. The summed E-state index contributed by atoms with van der Waals surface area (Å²) in [5.41, 5.74) is 1.48. The molecule has 7 nitrogen and oxygen atoms in total. The van der Waals surface area contributed by atoms with E-state index in [4.69, 9.17) is 4.74 Å². The van der Waals surface area contributed by atoms with Crippen LogP contribution in [-0.4, -0.2) is 43.3 Å². The van der Waals surface area contributed by atoms with Crippen molar-refractivity contribution in [1.82, 2.24) is 16.0 Å². The zero-order valence-electron chi connectivity index (χ0n) is 15.3. The second-order valence-corrected chi connectivity index (χ2v) is 5.83. The number of carbonyl (C=O) groups excluding carboxylic acids is 3. The number of rotatable bonds is 12. The van der Waals surface area contributed by atoms with Crippen molar-refractivity contribution in [1.29, 1.82) is 0 Å². The molecule has 3 N–H and O–H groups in total. The van der Waals surface area contributed by atoms with Crippen LogP contribution in [0.15, 0.2) is 42.6 Å². The van der Waals surface area contributed by atoms with E-state index in [1.807, 2.05) is 30.3 Å².